The van der Waals surface area contributed by atoms with E-state index in [1.54, 1.807) is 24.3 Å². The third-order valence-corrected chi connectivity index (χ3v) is 4.72. The van der Waals surface area contributed by atoms with E-state index in [1.807, 2.05) is 19.1 Å². The van der Waals surface area contributed by atoms with Crippen LogP contribution in [0, 0.1) is 5.82 Å². The van der Waals surface area contributed by atoms with Crippen LogP contribution in [0.1, 0.15) is 18.1 Å². The smallest absolute Gasteiger partial charge is 0.263 e. The highest BCUT2D eigenvalue weighted by atomic mass is 19.1. The number of carbonyl (C=O) groups is 2. The van der Waals surface area contributed by atoms with E-state index in [1.165, 1.54) is 22.0 Å². The van der Waals surface area contributed by atoms with E-state index < -0.39 is 12.1 Å². The fourth-order valence-electron chi connectivity index (χ4n) is 3.27. The van der Waals surface area contributed by atoms with Crippen molar-refractivity contribution in [2.45, 2.75) is 32.0 Å². The second-order valence-electron chi connectivity index (χ2n) is 6.35. The fourth-order valence-corrected chi connectivity index (χ4v) is 3.27. The van der Waals surface area contributed by atoms with Gasteiger partial charge < -0.3 is 0 Å². The zero-order valence-corrected chi connectivity index (χ0v) is 14.2. The Labute approximate surface area is 149 Å². The van der Waals surface area contributed by atoms with Crippen LogP contribution in [0.3, 0.4) is 0 Å². The van der Waals surface area contributed by atoms with Gasteiger partial charge >= 0.3 is 0 Å². The predicted octanol–water partition coefficient (Wildman–Crippen LogP) is 2.88. The molecule has 0 radical (unpaired) electrons. The van der Waals surface area contributed by atoms with E-state index >= 15 is 0 Å². The molecule has 4 rings (SSSR count). The van der Waals surface area contributed by atoms with Crippen LogP contribution in [0.15, 0.2) is 58.9 Å². The molecule has 0 aromatic heterocycles. The van der Waals surface area contributed by atoms with Crippen molar-refractivity contribution in [3.8, 4) is 0 Å². The largest absolute Gasteiger partial charge is 0.271 e. The third-order valence-electron chi connectivity index (χ3n) is 4.72. The van der Waals surface area contributed by atoms with Gasteiger partial charge in [0.05, 0.1) is 12.2 Å². The molecule has 1 fully saturated rings. The summed E-state index contributed by atoms with van der Waals surface area (Å²) in [6, 6.07) is 11.7. The van der Waals surface area contributed by atoms with Crippen LogP contribution in [0.5, 0.6) is 0 Å². The summed E-state index contributed by atoms with van der Waals surface area (Å²) in [7, 11) is 0. The summed E-state index contributed by atoms with van der Waals surface area (Å²) in [6.07, 6.45) is 0.882. The topological polar surface area (TPSA) is 65.3 Å². The minimum atomic E-state index is -0.825. The molecule has 6 nitrogen and oxygen atoms in total. The number of benzene rings is 2. The summed E-state index contributed by atoms with van der Waals surface area (Å²) < 4.78 is 13.1. The molecule has 2 amide bonds. The quantitative estimate of drug-likeness (QED) is 0.795. The van der Waals surface area contributed by atoms with Gasteiger partial charge in [-0.2, -0.15) is 5.11 Å². The van der Waals surface area contributed by atoms with E-state index in [0.29, 0.717) is 5.69 Å². The summed E-state index contributed by atoms with van der Waals surface area (Å²) in [4.78, 5) is 26.7. The van der Waals surface area contributed by atoms with Crippen LogP contribution in [0.25, 0.3) is 0 Å². The molecule has 2 unspecified atom stereocenters. The van der Waals surface area contributed by atoms with Crippen LogP contribution in [0.4, 0.5) is 10.1 Å². The van der Waals surface area contributed by atoms with Gasteiger partial charge in [0, 0.05) is 0 Å². The lowest BCUT2D eigenvalue weighted by Gasteiger charge is -2.20. The Morgan fingerprint density at radius 3 is 2.27 bits per heavy atom. The van der Waals surface area contributed by atoms with Gasteiger partial charge in [0.25, 0.3) is 11.8 Å². The lowest BCUT2D eigenvalue weighted by molar-refractivity contribution is -0.123. The molecule has 7 heteroatoms. The third kappa shape index (κ3) is 2.65. The Balaban J connectivity index is 1.57. The minimum Gasteiger partial charge on any atom is -0.271 e. The standard InChI is InChI=1S/C19H17FN4O2/c1-2-12-5-9-15(10-6-12)24-18(25)16-17(19(24)26)23(22-21-16)11-13-3-7-14(20)8-4-13/h3-10,16-17H,2,11H2,1H3. The number of fused-ring (bicyclic) bond motifs is 1. The van der Waals surface area contributed by atoms with Crippen LogP contribution in [0.2, 0.25) is 0 Å². The Morgan fingerprint density at radius 2 is 1.62 bits per heavy atom. The van der Waals surface area contributed by atoms with Gasteiger partial charge in [0.2, 0.25) is 0 Å². The highest BCUT2D eigenvalue weighted by molar-refractivity contribution is 6.25. The minimum absolute atomic E-state index is 0.284. The summed E-state index contributed by atoms with van der Waals surface area (Å²) in [5.41, 5.74) is 2.46. The number of imide groups is 1. The number of aryl methyl sites for hydroxylation is 1. The van der Waals surface area contributed by atoms with E-state index in [2.05, 4.69) is 10.3 Å². The number of carbonyl (C=O) groups excluding carboxylic acids is 2. The first-order chi connectivity index (χ1) is 12.6. The predicted molar refractivity (Wildman–Crippen MR) is 92.7 cm³/mol. The second-order valence-corrected chi connectivity index (χ2v) is 6.35. The molecule has 132 valence electrons. The molecule has 2 aliphatic rings. The molecule has 0 saturated carbocycles. The molecule has 2 aromatic rings. The Bertz CT molecular complexity index is 879. The number of hydrogen-bond donors (Lipinski definition) is 0. The zero-order valence-electron chi connectivity index (χ0n) is 14.2. The lowest BCUT2D eigenvalue weighted by Crippen LogP contribution is -2.39. The number of halogens is 1. The Kier molecular flexibility index (Phi) is 3.99. The summed E-state index contributed by atoms with van der Waals surface area (Å²) in [6.45, 7) is 2.33. The van der Waals surface area contributed by atoms with Crippen molar-refractivity contribution < 1.29 is 14.0 Å². The summed E-state index contributed by atoms with van der Waals surface area (Å²) in [5.74, 6) is -1.03. The lowest BCUT2D eigenvalue weighted by atomic mass is 10.1. The van der Waals surface area contributed by atoms with Crippen molar-refractivity contribution >= 4 is 17.5 Å². The van der Waals surface area contributed by atoms with E-state index in [0.717, 1.165) is 17.5 Å². The molecular weight excluding hydrogens is 335 g/mol. The fraction of sp³-hybridized carbons (Fsp3) is 0.263. The van der Waals surface area contributed by atoms with Gasteiger partial charge in [-0.1, -0.05) is 36.4 Å². The molecule has 0 N–H and O–H groups in total. The maximum atomic E-state index is 13.1. The van der Waals surface area contributed by atoms with Gasteiger partial charge in [-0.15, -0.1) is 0 Å². The Hall–Kier alpha value is -3.09. The molecule has 2 aliphatic heterocycles. The van der Waals surface area contributed by atoms with Crippen molar-refractivity contribution in [2.75, 3.05) is 4.90 Å². The van der Waals surface area contributed by atoms with Crippen molar-refractivity contribution in [1.82, 2.24) is 5.01 Å². The van der Waals surface area contributed by atoms with Crippen molar-refractivity contribution in [3.63, 3.8) is 0 Å². The van der Waals surface area contributed by atoms with Crippen LogP contribution >= 0.6 is 0 Å². The maximum Gasteiger partial charge on any atom is 0.263 e. The van der Waals surface area contributed by atoms with Crippen LogP contribution in [-0.4, -0.2) is 28.9 Å². The molecule has 1 saturated heterocycles. The first kappa shape index (κ1) is 16.4. The van der Waals surface area contributed by atoms with Gasteiger partial charge in [-0.25, -0.2) is 9.29 Å². The first-order valence-corrected chi connectivity index (χ1v) is 8.47. The summed E-state index contributed by atoms with van der Waals surface area (Å²) in [5, 5.41) is 9.49. The highest BCUT2D eigenvalue weighted by Gasteiger charge is 2.54. The van der Waals surface area contributed by atoms with Gasteiger partial charge in [0.15, 0.2) is 12.1 Å². The number of rotatable bonds is 4. The molecule has 0 aliphatic carbocycles. The summed E-state index contributed by atoms with van der Waals surface area (Å²) >= 11 is 0. The SMILES string of the molecule is CCc1ccc(N2C(=O)C3N=NN(Cc4ccc(F)cc4)C3C2=O)cc1. The first-order valence-electron chi connectivity index (χ1n) is 8.47. The molecule has 0 bridgehead atoms. The van der Waals surface area contributed by atoms with Crippen molar-refractivity contribution in [1.29, 1.82) is 0 Å². The van der Waals surface area contributed by atoms with Crippen molar-refractivity contribution in [3.05, 3.63) is 65.5 Å². The number of anilines is 1. The molecule has 0 spiro atoms. The van der Waals surface area contributed by atoms with E-state index in [-0.39, 0.29) is 24.2 Å². The van der Waals surface area contributed by atoms with E-state index in [4.69, 9.17) is 0 Å². The average molecular weight is 352 g/mol. The van der Waals surface area contributed by atoms with Gasteiger partial charge in [0.1, 0.15) is 5.82 Å². The van der Waals surface area contributed by atoms with Crippen LogP contribution in [-0.2, 0) is 22.6 Å². The number of hydrogen-bond acceptors (Lipinski definition) is 5. The zero-order chi connectivity index (χ0) is 18.3. The van der Waals surface area contributed by atoms with Crippen molar-refractivity contribution in [2.24, 2.45) is 10.3 Å². The monoisotopic (exact) mass is 352 g/mol. The normalized spacial score (nSPS) is 21.6. The molecule has 2 atom stereocenters. The maximum absolute atomic E-state index is 13.1. The van der Waals surface area contributed by atoms with Crippen LogP contribution < -0.4 is 4.90 Å². The van der Waals surface area contributed by atoms with E-state index in [9.17, 15) is 14.0 Å². The molecule has 2 heterocycles. The number of amides is 2. The molecule has 26 heavy (non-hydrogen) atoms. The average Bonchev–Trinajstić information content (AvgIpc) is 3.17. The molecular formula is C19H17FN4O2. The van der Waals surface area contributed by atoms with Gasteiger partial charge in [-0.3, -0.25) is 14.6 Å². The van der Waals surface area contributed by atoms with Gasteiger partial charge in [-0.05, 0) is 41.8 Å². The Morgan fingerprint density at radius 1 is 0.962 bits per heavy atom. The second kappa shape index (κ2) is 6.33. The highest BCUT2D eigenvalue weighted by Crippen LogP contribution is 2.32. The molecule has 2 aromatic carbocycles. The number of nitrogens with zero attached hydrogens (tertiary/aromatic N) is 4.